The first-order valence-electron chi connectivity index (χ1n) is 5.89. The van der Waals surface area contributed by atoms with Crippen molar-refractivity contribution in [3.05, 3.63) is 34.1 Å². The first-order valence-corrected chi connectivity index (χ1v) is 9.01. The zero-order valence-corrected chi connectivity index (χ0v) is 13.2. The van der Waals surface area contributed by atoms with Crippen molar-refractivity contribution in [2.75, 3.05) is 12.5 Å². The fraction of sp³-hybridized carbons (Fsp3) is 0.154. The standard InChI is InChI=1S/C13H11N3O4S2/c1-21-13-15-11(9(6-14)12(18)16-13)8-5-7(22(2,19)20)3-4-10(8)17/h3-5,17H,1-2H3,(H,15,16,18). The lowest BCUT2D eigenvalue weighted by atomic mass is 10.1. The zero-order valence-electron chi connectivity index (χ0n) is 11.6. The van der Waals surface area contributed by atoms with Crippen LogP contribution in [0.25, 0.3) is 11.3 Å². The quantitative estimate of drug-likeness (QED) is 0.635. The highest BCUT2D eigenvalue weighted by Gasteiger charge is 2.18. The summed E-state index contributed by atoms with van der Waals surface area (Å²) in [4.78, 5) is 18.4. The summed E-state index contributed by atoms with van der Waals surface area (Å²) >= 11 is 1.15. The van der Waals surface area contributed by atoms with E-state index in [2.05, 4.69) is 9.97 Å². The van der Waals surface area contributed by atoms with Crippen molar-refractivity contribution in [2.45, 2.75) is 10.1 Å². The molecule has 1 heterocycles. The Hall–Kier alpha value is -2.31. The number of nitriles is 1. The zero-order chi connectivity index (χ0) is 16.5. The van der Waals surface area contributed by atoms with E-state index < -0.39 is 15.4 Å². The Labute approximate surface area is 130 Å². The Bertz CT molecular complexity index is 943. The van der Waals surface area contributed by atoms with Crippen LogP contribution in [0.2, 0.25) is 0 Å². The summed E-state index contributed by atoms with van der Waals surface area (Å²) in [5.74, 6) is -0.269. The number of rotatable bonds is 3. The molecule has 22 heavy (non-hydrogen) atoms. The van der Waals surface area contributed by atoms with Crippen molar-refractivity contribution in [2.24, 2.45) is 0 Å². The number of hydrogen-bond donors (Lipinski definition) is 2. The molecule has 0 aliphatic heterocycles. The van der Waals surface area contributed by atoms with Gasteiger partial charge < -0.3 is 10.1 Å². The number of benzene rings is 1. The molecular formula is C13H11N3O4S2. The Balaban J connectivity index is 2.85. The predicted molar refractivity (Wildman–Crippen MR) is 81.6 cm³/mol. The summed E-state index contributed by atoms with van der Waals surface area (Å²) in [6.45, 7) is 0. The monoisotopic (exact) mass is 337 g/mol. The van der Waals surface area contributed by atoms with E-state index in [0.29, 0.717) is 0 Å². The minimum Gasteiger partial charge on any atom is -0.507 e. The van der Waals surface area contributed by atoms with E-state index in [1.165, 1.54) is 18.2 Å². The largest absolute Gasteiger partial charge is 0.507 e. The Morgan fingerprint density at radius 1 is 1.41 bits per heavy atom. The van der Waals surface area contributed by atoms with Gasteiger partial charge in [-0.3, -0.25) is 4.79 Å². The maximum absolute atomic E-state index is 11.9. The maximum Gasteiger partial charge on any atom is 0.270 e. The molecule has 0 radical (unpaired) electrons. The lowest BCUT2D eigenvalue weighted by molar-refractivity contribution is 0.476. The second-order valence-corrected chi connectivity index (χ2v) is 7.17. The van der Waals surface area contributed by atoms with Gasteiger partial charge in [-0.2, -0.15) is 5.26 Å². The molecule has 0 amide bonds. The molecule has 9 heteroatoms. The second-order valence-electron chi connectivity index (χ2n) is 4.36. The van der Waals surface area contributed by atoms with Gasteiger partial charge in [0.25, 0.3) is 5.56 Å². The van der Waals surface area contributed by atoms with Crippen LogP contribution in [0.4, 0.5) is 0 Å². The van der Waals surface area contributed by atoms with E-state index in [-0.39, 0.29) is 32.6 Å². The lowest BCUT2D eigenvalue weighted by Crippen LogP contribution is -2.14. The molecule has 0 fully saturated rings. The number of nitrogens with one attached hydrogen (secondary N) is 1. The van der Waals surface area contributed by atoms with Crippen molar-refractivity contribution in [3.8, 4) is 23.1 Å². The molecule has 0 unspecified atom stereocenters. The molecule has 2 N–H and O–H groups in total. The third-order valence-electron chi connectivity index (χ3n) is 2.85. The smallest absolute Gasteiger partial charge is 0.270 e. The van der Waals surface area contributed by atoms with Gasteiger partial charge in [0.05, 0.1) is 4.90 Å². The molecule has 1 aromatic heterocycles. The number of phenolic OH excluding ortho intramolecular Hbond substituents is 1. The van der Waals surface area contributed by atoms with Crippen molar-refractivity contribution < 1.29 is 13.5 Å². The van der Waals surface area contributed by atoms with Crippen LogP contribution in [0.5, 0.6) is 5.75 Å². The number of hydrogen-bond acceptors (Lipinski definition) is 7. The van der Waals surface area contributed by atoms with Gasteiger partial charge in [0.2, 0.25) is 0 Å². The Morgan fingerprint density at radius 3 is 2.64 bits per heavy atom. The van der Waals surface area contributed by atoms with Crippen LogP contribution in [-0.4, -0.2) is 36.0 Å². The molecule has 0 aliphatic rings. The van der Waals surface area contributed by atoms with E-state index in [9.17, 15) is 18.3 Å². The minimum absolute atomic E-state index is 0.0147. The van der Waals surface area contributed by atoms with Crippen molar-refractivity contribution in [1.82, 2.24) is 9.97 Å². The van der Waals surface area contributed by atoms with Gasteiger partial charge in [0.15, 0.2) is 15.0 Å². The lowest BCUT2D eigenvalue weighted by Gasteiger charge is -2.08. The number of aromatic hydroxyl groups is 1. The van der Waals surface area contributed by atoms with E-state index in [0.717, 1.165) is 18.0 Å². The molecule has 0 saturated carbocycles. The molecule has 2 aromatic rings. The molecule has 1 aromatic carbocycles. The van der Waals surface area contributed by atoms with Crippen LogP contribution in [0.15, 0.2) is 33.0 Å². The summed E-state index contributed by atoms with van der Waals surface area (Å²) in [6.07, 6.45) is 2.70. The Kier molecular flexibility index (Phi) is 4.25. The third-order valence-corrected chi connectivity index (χ3v) is 4.54. The maximum atomic E-state index is 11.9. The number of phenols is 1. The number of H-pyrrole nitrogens is 1. The van der Waals surface area contributed by atoms with E-state index in [1.54, 1.807) is 12.3 Å². The molecule has 0 atom stereocenters. The summed E-state index contributed by atoms with van der Waals surface area (Å²) in [6, 6.07) is 5.34. The summed E-state index contributed by atoms with van der Waals surface area (Å²) in [5, 5.41) is 19.3. The van der Waals surface area contributed by atoms with Crippen molar-refractivity contribution in [3.63, 3.8) is 0 Å². The molecular weight excluding hydrogens is 326 g/mol. The highest BCUT2D eigenvalue weighted by atomic mass is 32.2. The first kappa shape index (κ1) is 16.1. The van der Waals surface area contributed by atoms with E-state index in [4.69, 9.17) is 5.26 Å². The molecule has 0 aliphatic carbocycles. The third kappa shape index (κ3) is 2.98. The number of aromatic amines is 1. The first-order chi connectivity index (χ1) is 10.3. The topological polar surface area (TPSA) is 124 Å². The highest BCUT2D eigenvalue weighted by molar-refractivity contribution is 7.98. The molecule has 0 saturated heterocycles. The average Bonchev–Trinajstić information content (AvgIpc) is 2.45. The Morgan fingerprint density at radius 2 is 2.09 bits per heavy atom. The van der Waals surface area contributed by atoms with E-state index in [1.807, 2.05) is 0 Å². The fourth-order valence-electron chi connectivity index (χ4n) is 1.78. The van der Waals surface area contributed by atoms with Gasteiger partial charge in [0.1, 0.15) is 23.1 Å². The van der Waals surface area contributed by atoms with Crippen LogP contribution in [0, 0.1) is 11.3 Å². The molecule has 0 spiro atoms. The molecule has 7 nitrogen and oxygen atoms in total. The minimum atomic E-state index is -3.51. The fourth-order valence-corrected chi connectivity index (χ4v) is 2.81. The van der Waals surface area contributed by atoms with Crippen molar-refractivity contribution >= 4 is 21.6 Å². The predicted octanol–water partition coefficient (Wildman–Crippen LogP) is 1.14. The number of thioether (sulfide) groups is 1. The van der Waals surface area contributed by atoms with Gasteiger partial charge in [-0.15, -0.1) is 0 Å². The van der Waals surface area contributed by atoms with Crippen LogP contribution < -0.4 is 5.56 Å². The number of sulfone groups is 1. The van der Waals surface area contributed by atoms with Gasteiger partial charge in [0, 0.05) is 11.8 Å². The van der Waals surface area contributed by atoms with Crippen LogP contribution in [-0.2, 0) is 9.84 Å². The second kappa shape index (κ2) is 5.82. The van der Waals surface area contributed by atoms with Crippen LogP contribution in [0.1, 0.15) is 5.56 Å². The van der Waals surface area contributed by atoms with E-state index >= 15 is 0 Å². The van der Waals surface area contributed by atoms with Crippen molar-refractivity contribution in [1.29, 1.82) is 5.26 Å². The van der Waals surface area contributed by atoms with Crippen LogP contribution >= 0.6 is 11.8 Å². The number of nitrogens with zero attached hydrogens (tertiary/aromatic N) is 2. The van der Waals surface area contributed by atoms with Gasteiger partial charge in [-0.25, -0.2) is 13.4 Å². The number of aromatic nitrogens is 2. The summed E-state index contributed by atoms with van der Waals surface area (Å²) in [7, 11) is -3.51. The molecule has 0 bridgehead atoms. The highest BCUT2D eigenvalue weighted by Crippen LogP contribution is 2.31. The van der Waals surface area contributed by atoms with Crippen LogP contribution in [0.3, 0.4) is 0 Å². The molecule has 2 rings (SSSR count). The SMILES string of the molecule is CSc1nc(-c2cc(S(C)(=O)=O)ccc2O)c(C#N)c(=O)[nH]1. The normalized spacial score (nSPS) is 11.1. The summed E-state index contributed by atoms with van der Waals surface area (Å²) in [5.41, 5.74) is -0.987. The average molecular weight is 337 g/mol. The summed E-state index contributed by atoms with van der Waals surface area (Å²) < 4.78 is 23.3. The van der Waals surface area contributed by atoms with Gasteiger partial charge in [-0.05, 0) is 24.5 Å². The molecule has 114 valence electrons. The van der Waals surface area contributed by atoms with Gasteiger partial charge >= 0.3 is 0 Å². The van der Waals surface area contributed by atoms with Gasteiger partial charge in [-0.1, -0.05) is 11.8 Å².